The molecule has 0 spiro atoms. The van der Waals surface area contributed by atoms with E-state index in [2.05, 4.69) is 41.5 Å². The van der Waals surface area contributed by atoms with Gasteiger partial charge in [-0.1, -0.05) is 80.1 Å². The number of hydrogen-bond acceptors (Lipinski definition) is 0. The summed E-state index contributed by atoms with van der Waals surface area (Å²) >= 11 is 0. The van der Waals surface area contributed by atoms with E-state index in [9.17, 15) is 0 Å². The second-order valence-corrected chi connectivity index (χ2v) is 13.2. The standard InChI is InChI=1S/2C12H27P.Ni/c2*1-4-7-10-13(11-8-5-2)12-9-6-3;/h2*4-12H2,1-3H3;. The molecule has 170 valence electrons. The molecule has 0 fully saturated rings. The fraction of sp³-hybridized carbons (Fsp3) is 1.00. The largest absolute Gasteiger partial charge is 0.107 e. The van der Waals surface area contributed by atoms with Crippen LogP contribution in [0.15, 0.2) is 0 Å². The average Bonchev–Trinajstić information content (AvgIpc) is 2.67. The molecule has 0 saturated heterocycles. The van der Waals surface area contributed by atoms with Crippen LogP contribution in [0.25, 0.3) is 0 Å². The Morgan fingerprint density at radius 2 is 0.481 bits per heavy atom. The van der Waals surface area contributed by atoms with Crippen molar-refractivity contribution in [2.75, 3.05) is 37.0 Å². The summed E-state index contributed by atoms with van der Waals surface area (Å²) in [5, 5.41) is 0. The van der Waals surface area contributed by atoms with Gasteiger partial charge in [-0.25, -0.2) is 0 Å². The molecule has 3 heteroatoms. The molecule has 0 saturated carbocycles. The zero-order valence-corrected chi connectivity index (χ0v) is 22.7. The fourth-order valence-electron chi connectivity index (χ4n) is 2.96. The first kappa shape index (κ1) is 33.0. The first-order valence-electron chi connectivity index (χ1n) is 12.1. The van der Waals surface area contributed by atoms with Crippen molar-refractivity contribution in [3.05, 3.63) is 0 Å². The molecule has 0 aliphatic carbocycles. The van der Waals surface area contributed by atoms with Crippen LogP contribution in [0.5, 0.6) is 0 Å². The third kappa shape index (κ3) is 27.4. The zero-order chi connectivity index (χ0) is 19.9. The summed E-state index contributed by atoms with van der Waals surface area (Å²) < 4.78 is 0. The molecule has 0 heterocycles. The Morgan fingerprint density at radius 1 is 0.333 bits per heavy atom. The van der Waals surface area contributed by atoms with E-state index in [0.29, 0.717) is 15.8 Å². The molecule has 0 amide bonds. The third-order valence-electron chi connectivity index (χ3n) is 4.97. The van der Waals surface area contributed by atoms with Crippen LogP contribution in [0.2, 0.25) is 0 Å². The van der Waals surface area contributed by atoms with Gasteiger partial charge in [-0.3, -0.25) is 0 Å². The van der Waals surface area contributed by atoms with Crippen LogP contribution in [0.3, 0.4) is 0 Å². The number of unbranched alkanes of at least 4 members (excludes halogenated alkanes) is 6. The van der Waals surface area contributed by atoms with Gasteiger partial charge >= 0.3 is 0 Å². The van der Waals surface area contributed by atoms with Crippen LogP contribution in [-0.4, -0.2) is 37.0 Å². The first-order chi connectivity index (χ1) is 12.7. The van der Waals surface area contributed by atoms with Crippen molar-refractivity contribution >= 4 is 15.8 Å². The summed E-state index contributed by atoms with van der Waals surface area (Å²) in [6, 6.07) is 0. The molecular weight excluding hydrogens is 409 g/mol. The third-order valence-corrected chi connectivity index (χ3v) is 10.7. The Hall–Kier alpha value is 1.35. The molecule has 0 aliphatic rings. The summed E-state index contributed by atoms with van der Waals surface area (Å²) in [5.74, 6) is 0. The van der Waals surface area contributed by atoms with Crippen molar-refractivity contribution in [1.29, 1.82) is 0 Å². The van der Waals surface area contributed by atoms with Crippen molar-refractivity contribution in [2.24, 2.45) is 0 Å². The quantitative estimate of drug-likeness (QED) is 0.140. The van der Waals surface area contributed by atoms with Gasteiger partial charge in [-0.2, -0.15) is 0 Å². The van der Waals surface area contributed by atoms with E-state index in [0.717, 1.165) is 0 Å². The maximum atomic E-state index is 2.31. The minimum Gasteiger partial charge on any atom is -0.107 e. The topological polar surface area (TPSA) is 0 Å². The Kier molecular flexibility index (Phi) is 36.1. The van der Waals surface area contributed by atoms with Crippen LogP contribution in [0.1, 0.15) is 119 Å². The van der Waals surface area contributed by atoms with E-state index in [1.165, 1.54) is 77.0 Å². The maximum Gasteiger partial charge on any atom is 0 e. The molecule has 0 bridgehead atoms. The molecule has 0 radical (unpaired) electrons. The van der Waals surface area contributed by atoms with E-state index < -0.39 is 0 Å². The van der Waals surface area contributed by atoms with Gasteiger partial charge in [0.1, 0.15) is 0 Å². The zero-order valence-electron chi connectivity index (χ0n) is 19.9. The smallest absolute Gasteiger partial charge is 0 e. The minimum absolute atomic E-state index is 0. The van der Waals surface area contributed by atoms with Crippen LogP contribution in [0.4, 0.5) is 0 Å². The van der Waals surface area contributed by atoms with E-state index in [1.54, 1.807) is 37.0 Å². The fourth-order valence-corrected chi connectivity index (χ4v) is 8.88. The van der Waals surface area contributed by atoms with Gasteiger partial charge in [0.25, 0.3) is 0 Å². The van der Waals surface area contributed by atoms with Crippen molar-refractivity contribution in [3.63, 3.8) is 0 Å². The van der Waals surface area contributed by atoms with E-state index in [1.807, 2.05) is 0 Å². The molecule has 0 aromatic heterocycles. The predicted octanol–water partition coefficient (Wildman–Crippen LogP) is 9.73. The molecule has 0 unspecified atom stereocenters. The Balaban J connectivity index is -0.000000411. The molecule has 0 rings (SSSR count). The normalized spacial score (nSPS) is 10.7. The minimum atomic E-state index is 0. The molecule has 0 aromatic rings. The van der Waals surface area contributed by atoms with Gasteiger partial charge in [0.05, 0.1) is 0 Å². The molecular formula is C24H54NiP2. The SMILES string of the molecule is CCCCP(CCCC)CCCC.CCCCP(CCCC)CCCC.[Ni]. The van der Waals surface area contributed by atoms with E-state index in [-0.39, 0.29) is 16.5 Å². The summed E-state index contributed by atoms with van der Waals surface area (Å²) in [4.78, 5) is 0. The van der Waals surface area contributed by atoms with Gasteiger partial charge < -0.3 is 0 Å². The van der Waals surface area contributed by atoms with Gasteiger partial charge in [0.2, 0.25) is 0 Å². The van der Waals surface area contributed by atoms with Crippen molar-refractivity contribution in [1.82, 2.24) is 0 Å². The van der Waals surface area contributed by atoms with Crippen LogP contribution in [0, 0.1) is 0 Å². The van der Waals surface area contributed by atoms with Crippen LogP contribution < -0.4 is 0 Å². The summed E-state index contributed by atoms with van der Waals surface area (Å²) in [5.41, 5.74) is 0. The van der Waals surface area contributed by atoms with E-state index in [4.69, 9.17) is 0 Å². The van der Waals surface area contributed by atoms with Crippen molar-refractivity contribution < 1.29 is 16.5 Å². The summed E-state index contributed by atoms with van der Waals surface area (Å²) in [6.07, 6.45) is 26.4. The monoisotopic (exact) mass is 462 g/mol. The van der Waals surface area contributed by atoms with Crippen molar-refractivity contribution in [3.8, 4) is 0 Å². The number of hydrogen-bond donors (Lipinski definition) is 0. The Labute approximate surface area is 187 Å². The molecule has 0 aromatic carbocycles. The number of rotatable bonds is 18. The Morgan fingerprint density at radius 3 is 0.593 bits per heavy atom. The second kappa shape index (κ2) is 29.6. The molecule has 0 aliphatic heterocycles. The molecule has 27 heavy (non-hydrogen) atoms. The van der Waals surface area contributed by atoms with Crippen LogP contribution >= 0.6 is 15.8 Å². The first-order valence-corrected chi connectivity index (χ1v) is 15.9. The molecule has 0 nitrogen and oxygen atoms in total. The van der Waals surface area contributed by atoms with Crippen LogP contribution in [-0.2, 0) is 16.5 Å². The van der Waals surface area contributed by atoms with Gasteiger partial charge in [-0.15, -0.1) is 15.8 Å². The summed E-state index contributed by atoms with van der Waals surface area (Å²) in [7, 11) is 0.843. The van der Waals surface area contributed by atoms with Crippen molar-refractivity contribution in [2.45, 2.75) is 119 Å². The molecule has 0 atom stereocenters. The Bertz CT molecular complexity index is 174. The molecule has 0 N–H and O–H groups in total. The van der Waals surface area contributed by atoms with Gasteiger partial charge in [0, 0.05) is 16.5 Å². The predicted molar refractivity (Wildman–Crippen MR) is 132 cm³/mol. The summed E-state index contributed by atoms with van der Waals surface area (Å²) in [6.45, 7) is 13.9. The second-order valence-electron chi connectivity index (χ2n) is 7.80. The maximum absolute atomic E-state index is 2.31. The van der Waals surface area contributed by atoms with Gasteiger partial charge in [-0.05, 0) is 75.5 Å². The van der Waals surface area contributed by atoms with Gasteiger partial charge in [0.15, 0.2) is 0 Å². The average molecular weight is 463 g/mol. The van der Waals surface area contributed by atoms with E-state index >= 15 is 0 Å².